The van der Waals surface area contributed by atoms with Crippen LogP contribution in [-0.4, -0.2) is 34.9 Å². The Labute approximate surface area is 118 Å². The predicted molar refractivity (Wildman–Crippen MR) is 75.2 cm³/mol. The van der Waals surface area contributed by atoms with Crippen molar-refractivity contribution in [3.63, 3.8) is 0 Å². The summed E-state index contributed by atoms with van der Waals surface area (Å²) in [5.41, 5.74) is 1.74. The predicted octanol–water partition coefficient (Wildman–Crippen LogP) is 1.50. The number of hydrogen-bond acceptors (Lipinski definition) is 4. The molecule has 1 aromatic rings. The highest BCUT2D eigenvalue weighted by Crippen LogP contribution is 2.26. The van der Waals surface area contributed by atoms with E-state index in [1.54, 1.807) is 6.07 Å². The number of rotatable bonds is 3. The number of nitrogens with one attached hydrogen (secondary N) is 1. The number of phenolic OH excluding ortho intramolecular Hbond substituents is 1. The van der Waals surface area contributed by atoms with Gasteiger partial charge in [-0.3, -0.25) is 19.8 Å². The van der Waals surface area contributed by atoms with Gasteiger partial charge < -0.3 is 5.11 Å². The van der Waals surface area contributed by atoms with Gasteiger partial charge in [0.05, 0.1) is 6.04 Å². The van der Waals surface area contributed by atoms with Crippen LogP contribution in [0.25, 0.3) is 0 Å². The second kappa shape index (κ2) is 5.63. The minimum Gasteiger partial charge on any atom is -0.508 e. The summed E-state index contributed by atoms with van der Waals surface area (Å²) in [4.78, 5) is 24.6. The maximum atomic E-state index is 12.0. The lowest BCUT2D eigenvalue weighted by Gasteiger charge is -2.30. The van der Waals surface area contributed by atoms with Gasteiger partial charge in [0.1, 0.15) is 5.75 Å². The number of carbonyl (C=O) groups is 2. The fraction of sp³-hybridized carbons (Fsp3) is 0.467. The first-order valence-corrected chi connectivity index (χ1v) is 6.76. The number of phenols is 1. The minimum atomic E-state index is -0.381. The molecule has 0 bridgehead atoms. The zero-order valence-corrected chi connectivity index (χ0v) is 12.0. The van der Waals surface area contributed by atoms with Crippen molar-refractivity contribution < 1.29 is 14.7 Å². The molecule has 2 N–H and O–H groups in total. The smallest absolute Gasteiger partial charge is 0.246 e. The van der Waals surface area contributed by atoms with Gasteiger partial charge in [-0.05, 0) is 31.9 Å². The highest BCUT2D eigenvalue weighted by Gasteiger charge is 2.32. The number of piperidine rings is 1. The number of carbonyl (C=O) groups excluding carboxylic acids is 2. The molecule has 0 saturated carbocycles. The molecule has 1 aromatic carbocycles. The van der Waals surface area contributed by atoms with E-state index in [4.69, 9.17) is 0 Å². The summed E-state index contributed by atoms with van der Waals surface area (Å²) in [6.45, 7) is 3.81. The molecular weight excluding hydrogens is 256 g/mol. The van der Waals surface area contributed by atoms with Crippen LogP contribution in [0.1, 0.15) is 36.9 Å². The van der Waals surface area contributed by atoms with E-state index in [1.807, 2.05) is 26.0 Å². The molecular formula is C15H20N2O3. The Balaban J connectivity index is 2.09. The largest absolute Gasteiger partial charge is 0.508 e. The molecule has 5 heteroatoms. The Kier molecular flexibility index (Phi) is 4.09. The lowest BCUT2D eigenvalue weighted by Crippen LogP contribution is -2.51. The SMILES string of the molecule is Cc1ccc(C(C)NC2CCC(=O)N(C)C2=O)c(O)c1. The van der Waals surface area contributed by atoms with Gasteiger partial charge in [-0.15, -0.1) is 0 Å². The standard InChI is InChI=1S/C15H20N2O3/c1-9-4-5-11(13(18)8-9)10(2)16-12-6-7-14(19)17(3)15(12)20/h4-5,8,10,12,16,18H,6-7H2,1-3H3. The fourth-order valence-electron chi connectivity index (χ4n) is 2.48. The summed E-state index contributed by atoms with van der Waals surface area (Å²) in [6.07, 6.45) is 0.867. The molecule has 1 heterocycles. The molecule has 0 spiro atoms. The molecule has 108 valence electrons. The topological polar surface area (TPSA) is 69.6 Å². The minimum absolute atomic E-state index is 0.140. The first-order valence-electron chi connectivity index (χ1n) is 6.76. The van der Waals surface area contributed by atoms with Crippen LogP contribution in [0, 0.1) is 6.92 Å². The Morgan fingerprint density at radius 1 is 1.40 bits per heavy atom. The third kappa shape index (κ3) is 2.82. The first kappa shape index (κ1) is 14.5. The van der Waals surface area contributed by atoms with Crippen LogP contribution in [-0.2, 0) is 9.59 Å². The van der Waals surface area contributed by atoms with Gasteiger partial charge in [0.15, 0.2) is 0 Å². The number of likely N-dealkylation sites (N-methyl/N-ethyl adjacent to an activating group) is 1. The molecule has 2 amide bonds. The van der Waals surface area contributed by atoms with E-state index < -0.39 is 0 Å². The van der Waals surface area contributed by atoms with Crippen LogP contribution in [0.15, 0.2) is 18.2 Å². The molecule has 2 rings (SSSR count). The van der Waals surface area contributed by atoms with E-state index in [0.29, 0.717) is 12.8 Å². The molecule has 1 aliphatic rings. The van der Waals surface area contributed by atoms with E-state index in [0.717, 1.165) is 11.1 Å². The van der Waals surface area contributed by atoms with Gasteiger partial charge in [-0.25, -0.2) is 0 Å². The molecule has 1 saturated heterocycles. The molecule has 20 heavy (non-hydrogen) atoms. The van der Waals surface area contributed by atoms with Crippen molar-refractivity contribution in [1.29, 1.82) is 0 Å². The van der Waals surface area contributed by atoms with Gasteiger partial charge in [0.25, 0.3) is 0 Å². The number of aromatic hydroxyl groups is 1. The van der Waals surface area contributed by atoms with Crippen molar-refractivity contribution in [2.45, 2.75) is 38.8 Å². The summed E-state index contributed by atoms with van der Waals surface area (Å²) in [6, 6.07) is 4.93. The molecule has 1 fully saturated rings. The van der Waals surface area contributed by atoms with Crippen molar-refractivity contribution >= 4 is 11.8 Å². The van der Waals surface area contributed by atoms with E-state index in [9.17, 15) is 14.7 Å². The molecule has 2 atom stereocenters. The molecule has 2 unspecified atom stereocenters. The van der Waals surface area contributed by atoms with Crippen LogP contribution in [0.5, 0.6) is 5.75 Å². The average molecular weight is 276 g/mol. The Morgan fingerprint density at radius 2 is 2.10 bits per heavy atom. The van der Waals surface area contributed by atoms with Gasteiger partial charge >= 0.3 is 0 Å². The number of hydrogen-bond donors (Lipinski definition) is 2. The summed E-state index contributed by atoms with van der Waals surface area (Å²) in [7, 11) is 1.51. The van der Waals surface area contributed by atoms with Crippen molar-refractivity contribution in [3.05, 3.63) is 29.3 Å². The van der Waals surface area contributed by atoms with Gasteiger partial charge in [-0.2, -0.15) is 0 Å². The molecule has 0 aliphatic carbocycles. The molecule has 5 nitrogen and oxygen atoms in total. The lowest BCUT2D eigenvalue weighted by atomic mass is 10.0. The normalized spacial score (nSPS) is 21.1. The summed E-state index contributed by atoms with van der Waals surface area (Å²) >= 11 is 0. The number of nitrogens with zero attached hydrogens (tertiary/aromatic N) is 1. The number of likely N-dealkylation sites (tertiary alicyclic amines) is 1. The van der Waals surface area contributed by atoms with Gasteiger partial charge in [0, 0.05) is 25.1 Å². The van der Waals surface area contributed by atoms with E-state index >= 15 is 0 Å². The molecule has 0 aromatic heterocycles. The Bertz CT molecular complexity index is 542. The third-order valence-corrected chi connectivity index (χ3v) is 3.75. The Hall–Kier alpha value is -1.88. The van der Waals surface area contributed by atoms with Gasteiger partial charge in [0.2, 0.25) is 11.8 Å². The lowest BCUT2D eigenvalue weighted by molar-refractivity contribution is -0.148. The average Bonchev–Trinajstić information content (AvgIpc) is 2.39. The van der Waals surface area contributed by atoms with Crippen LogP contribution in [0.2, 0.25) is 0 Å². The monoisotopic (exact) mass is 276 g/mol. The highest BCUT2D eigenvalue weighted by atomic mass is 16.3. The summed E-state index contributed by atoms with van der Waals surface area (Å²) in [5, 5.41) is 13.2. The first-order chi connectivity index (χ1) is 9.40. The van der Waals surface area contributed by atoms with E-state index in [1.165, 1.54) is 11.9 Å². The van der Waals surface area contributed by atoms with Crippen LogP contribution < -0.4 is 5.32 Å². The van der Waals surface area contributed by atoms with E-state index in [2.05, 4.69) is 5.32 Å². The van der Waals surface area contributed by atoms with Crippen LogP contribution in [0.4, 0.5) is 0 Å². The second-order valence-electron chi connectivity index (χ2n) is 5.33. The van der Waals surface area contributed by atoms with E-state index in [-0.39, 0.29) is 29.6 Å². The number of aryl methyl sites for hydroxylation is 1. The van der Waals surface area contributed by atoms with Crippen molar-refractivity contribution in [1.82, 2.24) is 10.2 Å². The van der Waals surface area contributed by atoms with Crippen LogP contribution in [0.3, 0.4) is 0 Å². The zero-order valence-electron chi connectivity index (χ0n) is 12.0. The Morgan fingerprint density at radius 3 is 2.75 bits per heavy atom. The summed E-state index contributed by atoms with van der Waals surface area (Å²) in [5.74, 6) is -0.128. The summed E-state index contributed by atoms with van der Waals surface area (Å²) < 4.78 is 0. The van der Waals surface area contributed by atoms with Crippen molar-refractivity contribution in [2.24, 2.45) is 0 Å². The fourth-order valence-corrected chi connectivity index (χ4v) is 2.48. The molecule has 1 aliphatic heterocycles. The number of benzene rings is 1. The van der Waals surface area contributed by atoms with Crippen LogP contribution >= 0.6 is 0 Å². The number of amides is 2. The maximum absolute atomic E-state index is 12.0. The quantitative estimate of drug-likeness (QED) is 0.821. The van der Waals surface area contributed by atoms with Crippen molar-refractivity contribution in [2.75, 3.05) is 7.05 Å². The number of imide groups is 1. The molecule has 0 radical (unpaired) electrons. The second-order valence-corrected chi connectivity index (χ2v) is 5.33. The third-order valence-electron chi connectivity index (χ3n) is 3.75. The highest BCUT2D eigenvalue weighted by molar-refractivity contribution is 6.00. The van der Waals surface area contributed by atoms with Crippen molar-refractivity contribution in [3.8, 4) is 5.75 Å². The zero-order chi connectivity index (χ0) is 14.9. The maximum Gasteiger partial charge on any atom is 0.246 e. The van der Waals surface area contributed by atoms with Gasteiger partial charge in [-0.1, -0.05) is 12.1 Å².